The van der Waals surface area contributed by atoms with E-state index in [2.05, 4.69) is 0 Å². The van der Waals surface area contributed by atoms with Crippen LogP contribution < -0.4 is 34.7 Å². The molecular formula is C12H7F2NaO. The molecule has 2 rings (SSSR count). The Morgan fingerprint density at radius 3 is 2.06 bits per heavy atom. The molecule has 0 saturated carbocycles. The van der Waals surface area contributed by atoms with Gasteiger partial charge < -0.3 is 5.11 Å². The van der Waals surface area contributed by atoms with E-state index in [0.29, 0.717) is 5.56 Å². The smallest absolute Gasteiger partial charge is 0.872 e. The predicted molar refractivity (Wildman–Crippen MR) is 51.2 cm³/mol. The Kier molecular flexibility index (Phi) is 4.47. The molecular weight excluding hydrogens is 221 g/mol. The van der Waals surface area contributed by atoms with E-state index in [1.807, 2.05) is 0 Å². The maximum Gasteiger partial charge on any atom is 1.00 e. The zero-order valence-corrected chi connectivity index (χ0v) is 10.7. The quantitative estimate of drug-likeness (QED) is 0.615. The summed E-state index contributed by atoms with van der Waals surface area (Å²) in [6.45, 7) is 0. The summed E-state index contributed by atoms with van der Waals surface area (Å²) in [6, 6.07) is 9.07. The minimum atomic E-state index is -0.631. The van der Waals surface area contributed by atoms with Crippen LogP contribution in [0.2, 0.25) is 0 Å². The Balaban J connectivity index is 0.00000128. The summed E-state index contributed by atoms with van der Waals surface area (Å²) < 4.78 is 26.0. The molecule has 0 atom stereocenters. The summed E-state index contributed by atoms with van der Waals surface area (Å²) in [4.78, 5) is 0. The van der Waals surface area contributed by atoms with Crippen molar-refractivity contribution in [2.45, 2.75) is 0 Å². The van der Waals surface area contributed by atoms with Gasteiger partial charge in [-0.1, -0.05) is 24.3 Å². The SMILES string of the molecule is [Na+].[O-]c1ccc(-c2ccc(F)cc2F)cc1. The van der Waals surface area contributed by atoms with Gasteiger partial charge >= 0.3 is 29.6 Å². The minimum absolute atomic E-state index is 0. The third-order valence-corrected chi connectivity index (χ3v) is 2.10. The van der Waals surface area contributed by atoms with E-state index in [-0.39, 0.29) is 40.9 Å². The molecule has 0 amide bonds. The molecule has 4 heteroatoms. The van der Waals surface area contributed by atoms with Crippen LogP contribution in [0.1, 0.15) is 0 Å². The van der Waals surface area contributed by atoms with Crippen molar-refractivity contribution < 1.29 is 43.4 Å². The standard InChI is InChI=1S/C12H8F2O.Na/c13-9-3-6-11(12(14)7-9)8-1-4-10(15)5-2-8;/h1-7,15H;/q;+1/p-1. The first kappa shape index (κ1) is 13.2. The maximum absolute atomic E-state index is 13.3. The normalized spacial score (nSPS) is 9.62. The van der Waals surface area contributed by atoms with E-state index in [1.165, 1.54) is 36.4 Å². The number of hydrogen-bond donors (Lipinski definition) is 0. The van der Waals surface area contributed by atoms with Crippen LogP contribution in [0, 0.1) is 11.6 Å². The number of hydrogen-bond acceptors (Lipinski definition) is 1. The van der Waals surface area contributed by atoms with Crippen molar-refractivity contribution in [1.29, 1.82) is 0 Å². The largest absolute Gasteiger partial charge is 1.00 e. The van der Waals surface area contributed by atoms with E-state index in [1.54, 1.807) is 0 Å². The first-order valence-electron chi connectivity index (χ1n) is 4.39. The Labute approximate surface area is 114 Å². The molecule has 1 nitrogen and oxygen atoms in total. The number of halogens is 2. The second-order valence-corrected chi connectivity index (χ2v) is 3.15. The monoisotopic (exact) mass is 228 g/mol. The minimum Gasteiger partial charge on any atom is -0.872 e. The van der Waals surface area contributed by atoms with Crippen LogP contribution >= 0.6 is 0 Å². The van der Waals surface area contributed by atoms with Gasteiger partial charge in [-0.2, -0.15) is 0 Å². The van der Waals surface area contributed by atoms with E-state index in [9.17, 15) is 13.9 Å². The van der Waals surface area contributed by atoms with E-state index < -0.39 is 11.6 Å². The molecule has 0 aromatic heterocycles. The molecule has 0 aliphatic rings. The van der Waals surface area contributed by atoms with Gasteiger partial charge in [0.1, 0.15) is 11.6 Å². The van der Waals surface area contributed by atoms with Crippen LogP contribution in [-0.2, 0) is 0 Å². The van der Waals surface area contributed by atoms with Crippen LogP contribution in [0.15, 0.2) is 42.5 Å². The average molecular weight is 228 g/mol. The summed E-state index contributed by atoms with van der Waals surface area (Å²) in [5.74, 6) is -1.38. The topological polar surface area (TPSA) is 23.1 Å². The van der Waals surface area contributed by atoms with Crippen LogP contribution in [0.4, 0.5) is 8.78 Å². The van der Waals surface area contributed by atoms with Crippen LogP contribution in [0.25, 0.3) is 11.1 Å². The molecule has 2 aromatic carbocycles. The van der Waals surface area contributed by atoms with Crippen molar-refractivity contribution in [2.24, 2.45) is 0 Å². The summed E-state index contributed by atoms with van der Waals surface area (Å²) in [5, 5.41) is 10.8. The molecule has 76 valence electrons. The van der Waals surface area contributed by atoms with E-state index >= 15 is 0 Å². The fourth-order valence-corrected chi connectivity index (χ4v) is 1.36. The van der Waals surface area contributed by atoms with E-state index in [0.717, 1.165) is 6.07 Å². The van der Waals surface area contributed by atoms with Gasteiger partial charge in [0, 0.05) is 11.6 Å². The molecule has 0 saturated heterocycles. The van der Waals surface area contributed by atoms with Crippen LogP contribution in [0.3, 0.4) is 0 Å². The first-order chi connectivity index (χ1) is 7.16. The second kappa shape index (κ2) is 5.43. The van der Waals surface area contributed by atoms with Gasteiger partial charge in [0.05, 0.1) is 0 Å². The Bertz CT molecular complexity index is 483. The third kappa shape index (κ3) is 2.82. The van der Waals surface area contributed by atoms with Gasteiger partial charge in [-0.3, -0.25) is 0 Å². The first-order valence-corrected chi connectivity index (χ1v) is 4.39. The second-order valence-electron chi connectivity index (χ2n) is 3.15. The van der Waals surface area contributed by atoms with E-state index in [4.69, 9.17) is 0 Å². The molecule has 16 heavy (non-hydrogen) atoms. The van der Waals surface area contributed by atoms with Gasteiger partial charge in [-0.25, -0.2) is 8.78 Å². The van der Waals surface area contributed by atoms with Crippen LogP contribution in [0.5, 0.6) is 5.75 Å². The Hall–Kier alpha value is -0.900. The fraction of sp³-hybridized carbons (Fsp3) is 0. The van der Waals surface area contributed by atoms with Crippen molar-refractivity contribution in [1.82, 2.24) is 0 Å². The summed E-state index contributed by atoms with van der Waals surface area (Å²) in [5.41, 5.74) is 0.850. The van der Waals surface area contributed by atoms with Gasteiger partial charge in [0.2, 0.25) is 0 Å². The molecule has 0 radical (unpaired) electrons. The van der Waals surface area contributed by atoms with Crippen molar-refractivity contribution in [2.75, 3.05) is 0 Å². The molecule has 0 aliphatic heterocycles. The maximum atomic E-state index is 13.3. The van der Waals surface area contributed by atoms with Gasteiger partial charge in [-0.15, -0.1) is 5.75 Å². The molecule has 0 heterocycles. The molecule has 0 fully saturated rings. The van der Waals surface area contributed by atoms with Gasteiger partial charge in [0.25, 0.3) is 0 Å². The van der Waals surface area contributed by atoms with Crippen molar-refractivity contribution in [3.63, 3.8) is 0 Å². The predicted octanol–water partition coefficient (Wildman–Crippen LogP) is -0.291. The number of benzene rings is 2. The molecule has 0 unspecified atom stereocenters. The van der Waals surface area contributed by atoms with Gasteiger partial charge in [0.15, 0.2) is 0 Å². The van der Waals surface area contributed by atoms with Crippen molar-refractivity contribution in [3.05, 3.63) is 54.1 Å². The number of rotatable bonds is 1. The van der Waals surface area contributed by atoms with Gasteiger partial charge in [-0.05, 0) is 17.7 Å². The molecule has 0 bridgehead atoms. The molecule has 0 aliphatic carbocycles. The third-order valence-electron chi connectivity index (χ3n) is 2.10. The molecule has 0 spiro atoms. The zero-order chi connectivity index (χ0) is 10.8. The summed E-state index contributed by atoms with van der Waals surface area (Å²) >= 11 is 0. The molecule has 2 aromatic rings. The molecule has 0 N–H and O–H groups in total. The zero-order valence-electron chi connectivity index (χ0n) is 8.71. The Morgan fingerprint density at radius 2 is 1.50 bits per heavy atom. The van der Waals surface area contributed by atoms with Crippen LogP contribution in [-0.4, -0.2) is 0 Å². The van der Waals surface area contributed by atoms with Crippen molar-refractivity contribution in [3.8, 4) is 16.9 Å². The summed E-state index contributed by atoms with van der Waals surface area (Å²) in [6.07, 6.45) is 0. The Morgan fingerprint density at radius 1 is 0.875 bits per heavy atom. The average Bonchev–Trinajstić information content (AvgIpc) is 2.20. The van der Waals surface area contributed by atoms with Crippen molar-refractivity contribution >= 4 is 0 Å². The summed E-state index contributed by atoms with van der Waals surface area (Å²) in [7, 11) is 0. The fourth-order valence-electron chi connectivity index (χ4n) is 1.36.